The third-order valence-corrected chi connectivity index (χ3v) is 6.28. The van der Waals surface area contributed by atoms with Crippen molar-refractivity contribution in [2.45, 2.75) is 19.3 Å². The monoisotopic (exact) mass is 214 g/mol. The van der Waals surface area contributed by atoms with Crippen LogP contribution in [0.2, 0.25) is 0 Å². The zero-order valence-corrected chi connectivity index (χ0v) is 9.06. The van der Waals surface area contributed by atoms with Crippen LogP contribution in [-0.4, -0.2) is 0 Å². The maximum atomic E-state index is 5.70. The van der Waals surface area contributed by atoms with Gasteiger partial charge in [0.2, 0.25) is 0 Å². The van der Waals surface area contributed by atoms with Crippen molar-refractivity contribution in [2.24, 2.45) is 41.4 Å². The fourth-order valence-electron chi connectivity index (χ4n) is 5.91. The van der Waals surface area contributed by atoms with Crippen LogP contribution in [0, 0.1) is 41.4 Å². The summed E-state index contributed by atoms with van der Waals surface area (Å²) in [6, 6.07) is 0. The highest BCUT2D eigenvalue weighted by atomic mass is 16.6. The fraction of sp³-hybridized carbons (Fsp3) is 0.714. The Morgan fingerprint density at radius 1 is 0.938 bits per heavy atom. The van der Waals surface area contributed by atoms with Crippen molar-refractivity contribution in [1.29, 1.82) is 0 Å². The molecule has 16 heavy (non-hydrogen) atoms. The van der Waals surface area contributed by atoms with Crippen molar-refractivity contribution >= 4 is 0 Å². The second-order valence-corrected chi connectivity index (χ2v) is 6.57. The molecule has 3 saturated carbocycles. The minimum atomic E-state index is 0.786. The summed E-state index contributed by atoms with van der Waals surface area (Å²) in [5.74, 6) is 10.5. The molecule has 6 rings (SSSR count). The lowest BCUT2D eigenvalue weighted by molar-refractivity contribution is 0.156. The number of fused-ring (bicyclic) bond motifs is 11. The predicted octanol–water partition coefficient (Wildman–Crippen LogP) is 2.64. The van der Waals surface area contributed by atoms with Crippen molar-refractivity contribution in [3.05, 3.63) is 23.5 Å². The van der Waals surface area contributed by atoms with Crippen molar-refractivity contribution in [1.82, 2.24) is 0 Å². The number of ether oxygens (including phenoxy) is 2. The van der Waals surface area contributed by atoms with Crippen molar-refractivity contribution in [3.63, 3.8) is 0 Å². The average molecular weight is 214 g/mol. The molecule has 7 unspecified atom stereocenters. The highest BCUT2D eigenvalue weighted by molar-refractivity contribution is 5.38. The number of rotatable bonds is 1. The summed E-state index contributed by atoms with van der Waals surface area (Å²) in [5.41, 5.74) is 0. The van der Waals surface area contributed by atoms with E-state index < -0.39 is 0 Å². The molecule has 3 fully saturated rings. The predicted molar refractivity (Wildman–Crippen MR) is 55.6 cm³/mol. The zero-order valence-electron chi connectivity index (χ0n) is 9.06. The summed E-state index contributed by atoms with van der Waals surface area (Å²) < 4.78 is 11.1. The molecule has 4 bridgehead atoms. The van der Waals surface area contributed by atoms with Crippen LogP contribution in [0.3, 0.4) is 0 Å². The lowest BCUT2D eigenvalue weighted by Gasteiger charge is -2.33. The van der Waals surface area contributed by atoms with Crippen molar-refractivity contribution < 1.29 is 9.47 Å². The lowest BCUT2D eigenvalue weighted by atomic mass is 9.69. The van der Waals surface area contributed by atoms with E-state index in [0.29, 0.717) is 0 Å². The Bertz CT molecular complexity index is 489. The number of allylic oxidation sites excluding steroid dienone is 3. The number of hydrogen-bond donors (Lipinski definition) is 0. The van der Waals surface area contributed by atoms with E-state index in [-0.39, 0.29) is 0 Å². The molecule has 2 nitrogen and oxygen atoms in total. The molecular weight excluding hydrogens is 200 g/mol. The first kappa shape index (κ1) is 7.41. The molecule has 7 atom stereocenters. The number of hydrogen-bond acceptors (Lipinski definition) is 2. The van der Waals surface area contributed by atoms with Crippen LogP contribution in [-0.2, 0) is 9.47 Å². The molecule has 0 saturated heterocycles. The van der Waals surface area contributed by atoms with E-state index in [1.165, 1.54) is 36.5 Å². The first-order valence-electron chi connectivity index (χ1n) is 6.70. The second-order valence-electron chi connectivity index (χ2n) is 6.57. The third kappa shape index (κ3) is 0.607. The maximum Gasteiger partial charge on any atom is 0.146 e. The quantitative estimate of drug-likeness (QED) is 0.627. The standard InChI is InChI=1S/C14H14O2/c1-5-2-7(6(1)10-4-15-10)12-9-3-8(11(5)12)13-14(9)16-13/h4-9,11-12H,1-3H2. The molecule has 0 N–H and O–H groups in total. The molecular formula is C14H14O2. The highest BCUT2D eigenvalue weighted by Gasteiger charge is 2.70. The van der Waals surface area contributed by atoms with Gasteiger partial charge in [-0.3, -0.25) is 0 Å². The Hall–Kier alpha value is -0.920. The summed E-state index contributed by atoms with van der Waals surface area (Å²) in [4.78, 5) is 0. The van der Waals surface area contributed by atoms with Gasteiger partial charge in [0.25, 0.3) is 0 Å². The van der Waals surface area contributed by atoms with Gasteiger partial charge in [0.1, 0.15) is 23.5 Å². The van der Waals surface area contributed by atoms with Crippen LogP contribution in [0.4, 0.5) is 0 Å². The molecule has 2 aliphatic heterocycles. The molecule has 0 amide bonds. The highest BCUT2D eigenvalue weighted by Crippen LogP contribution is 2.74. The average Bonchev–Trinajstić information content (AvgIpc) is 3.16. The van der Waals surface area contributed by atoms with Gasteiger partial charge in [-0.25, -0.2) is 0 Å². The van der Waals surface area contributed by atoms with Crippen LogP contribution in [0.1, 0.15) is 19.3 Å². The molecule has 0 aromatic carbocycles. The van der Waals surface area contributed by atoms with Gasteiger partial charge in [-0.05, 0) is 42.9 Å². The molecule has 6 aliphatic rings. The molecule has 0 spiro atoms. The van der Waals surface area contributed by atoms with Crippen LogP contribution in [0.15, 0.2) is 23.5 Å². The van der Waals surface area contributed by atoms with E-state index in [1.807, 2.05) is 6.26 Å². The van der Waals surface area contributed by atoms with E-state index in [9.17, 15) is 0 Å². The summed E-state index contributed by atoms with van der Waals surface area (Å²) in [5, 5.41) is 0. The van der Waals surface area contributed by atoms with Gasteiger partial charge < -0.3 is 9.47 Å². The van der Waals surface area contributed by atoms with Gasteiger partial charge in [-0.15, -0.1) is 0 Å². The summed E-state index contributed by atoms with van der Waals surface area (Å²) in [7, 11) is 0. The molecule has 0 aromatic heterocycles. The van der Waals surface area contributed by atoms with Gasteiger partial charge in [-0.1, -0.05) is 0 Å². The summed E-state index contributed by atoms with van der Waals surface area (Å²) in [6.07, 6.45) is 6.29. The first-order valence-corrected chi connectivity index (χ1v) is 6.70. The van der Waals surface area contributed by atoms with Crippen LogP contribution in [0.25, 0.3) is 0 Å². The van der Waals surface area contributed by atoms with E-state index in [0.717, 1.165) is 41.4 Å². The second kappa shape index (κ2) is 1.96. The molecule has 0 aromatic rings. The van der Waals surface area contributed by atoms with Crippen molar-refractivity contribution in [2.75, 3.05) is 0 Å². The smallest absolute Gasteiger partial charge is 0.146 e. The largest absolute Gasteiger partial charge is 0.462 e. The zero-order chi connectivity index (χ0) is 10.0. The molecule has 82 valence electrons. The molecule has 2 heteroatoms. The topological polar surface area (TPSA) is 25.1 Å². The van der Waals surface area contributed by atoms with Gasteiger partial charge in [0.15, 0.2) is 0 Å². The van der Waals surface area contributed by atoms with Gasteiger partial charge in [-0.2, -0.15) is 0 Å². The maximum absolute atomic E-state index is 5.70. The van der Waals surface area contributed by atoms with Gasteiger partial charge in [0.05, 0.1) is 0 Å². The fourth-order valence-corrected chi connectivity index (χ4v) is 5.91. The molecule has 0 radical (unpaired) electrons. The molecule has 4 aliphatic carbocycles. The van der Waals surface area contributed by atoms with Crippen LogP contribution >= 0.6 is 0 Å². The summed E-state index contributed by atoms with van der Waals surface area (Å²) >= 11 is 0. The van der Waals surface area contributed by atoms with Crippen LogP contribution < -0.4 is 0 Å². The van der Waals surface area contributed by atoms with E-state index in [4.69, 9.17) is 9.47 Å². The third-order valence-electron chi connectivity index (χ3n) is 6.28. The van der Waals surface area contributed by atoms with E-state index >= 15 is 0 Å². The van der Waals surface area contributed by atoms with Gasteiger partial charge in [0, 0.05) is 17.8 Å². The first-order chi connectivity index (χ1) is 7.92. The SMILES string of the molecule is C1=C(C2CC3CC2C2C4CC(C5=C4O5)C32)O1. The van der Waals surface area contributed by atoms with E-state index in [1.54, 1.807) is 0 Å². The van der Waals surface area contributed by atoms with Gasteiger partial charge >= 0.3 is 0 Å². The Balaban J connectivity index is 1.47. The van der Waals surface area contributed by atoms with Crippen molar-refractivity contribution in [3.8, 4) is 0 Å². The normalized spacial score (nSPS) is 61.5. The van der Waals surface area contributed by atoms with E-state index in [2.05, 4.69) is 0 Å². The Labute approximate surface area is 94.3 Å². The Kier molecular flexibility index (Phi) is 0.907. The minimum Gasteiger partial charge on any atom is -0.462 e. The summed E-state index contributed by atoms with van der Waals surface area (Å²) in [6.45, 7) is 0. The Morgan fingerprint density at radius 2 is 1.75 bits per heavy atom. The lowest BCUT2D eigenvalue weighted by Crippen LogP contribution is -2.30. The van der Waals surface area contributed by atoms with Crippen LogP contribution in [0.5, 0.6) is 0 Å². The molecule has 2 heterocycles. The minimum absolute atomic E-state index is 0.786. The Morgan fingerprint density at radius 3 is 2.56 bits per heavy atom.